The van der Waals surface area contributed by atoms with Crippen molar-refractivity contribution in [3.63, 3.8) is 0 Å². The van der Waals surface area contributed by atoms with Gasteiger partial charge >= 0.3 is 6.18 Å². The molecule has 0 saturated carbocycles. The van der Waals surface area contributed by atoms with Crippen molar-refractivity contribution in [1.29, 1.82) is 0 Å². The molecule has 0 saturated heterocycles. The second-order valence-electron chi connectivity index (χ2n) is 6.24. The van der Waals surface area contributed by atoms with Gasteiger partial charge in [-0.15, -0.1) is 10.2 Å². The van der Waals surface area contributed by atoms with Crippen LogP contribution in [0.25, 0.3) is 11.4 Å². The van der Waals surface area contributed by atoms with E-state index < -0.39 is 11.7 Å². The monoisotopic (exact) mass is 395 g/mol. The number of aromatic nitrogens is 5. The Balaban J connectivity index is 1.44. The molecule has 3 aromatic rings. The summed E-state index contributed by atoms with van der Waals surface area (Å²) in [5.74, 6) is 2.08. The Morgan fingerprint density at radius 3 is 2.67 bits per heavy atom. The van der Waals surface area contributed by atoms with Crippen molar-refractivity contribution in [1.82, 2.24) is 24.9 Å². The van der Waals surface area contributed by atoms with E-state index in [1.54, 1.807) is 0 Å². The van der Waals surface area contributed by atoms with E-state index in [2.05, 4.69) is 24.9 Å². The summed E-state index contributed by atoms with van der Waals surface area (Å²) in [7, 11) is 0. The number of nitrogens with zero attached hydrogens (tertiary/aromatic N) is 5. The number of rotatable bonds is 4. The third kappa shape index (κ3) is 4.00. The number of benzene rings is 1. The van der Waals surface area contributed by atoms with Crippen LogP contribution in [0.5, 0.6) is 0 Å². The number of fused-ring (bicyclic) bond motifs is 1. The van der Waals surface area contributed by atoms with Crippen molar-refractivity contribution in [2.75, 3.05) is 0 Å². The number of halogens is 3. The third-order valence-electron chi connectivity index (χ3n) is 4.34. The molecule has 27 heavy (non-hydrogen) atoms. The Hall–Kier alpha value is -2.36. The molecule has 10 heteroatoms. The molecule has 0 radical (unpaired) electrons. The topological polar surface area (TPSA) is 69.6 Å². The smallest absolute Gasteiger partial charge is 0.338 e. The lowest BCUT2D eigenvalue weighted by atomic mass is 10.1. The van der Waals surface area contributed by atoms with Gasteiger partial charge in [0.05, 0.1) is 11.3 Å². The molecule has 1 aliphatic heterocycles. The molecule has 0 fully saturated rings. The highest BCUT2D eigenvalue weighted by Gasteiger charge is 2.30. The van der Waals surface area contributed by atoms with Crippen LogP contribution < -0.4 is 0 Å². The second-order valence-corrected chi connectivity index (χ2v) is 7.18. The van der Waals surface area contributed by atoms with Gasteiger partial charge < -0.3 is 9.09 Å². The highest BCUT2D eigenvalue weighted by Crippen LogP contribution is 2.31. The van der Waals surface area contributed by atoms with Crippen LogP contribution in [0.4, 0.5) is 13.2 Å². The molecular formula is C17H16F3N5OS. The van der Waals surface area contributed by atoms with E-state index in [9.17, 15) is 13.2 Å². The van der Waals surface area contributed by atoms with Crippen LogP contribution in [0.3, 0.4) is 0 Å². The van der Waals surface area contributed by atoms with E-state index in [0.717, 1.165) is 48.9 Å². The number of aryl methyl sites for hydroxylation is 1. The molecule has 0 bridgehead atoms. The molecule has 0 amide bonds. The molecule has 0 spiro atoms. The summed E-state index contributed by atoms with van der Waals surface area (Å²) >= 11 is 1.46. The van der Waals surface area contributed by atoms with Crippen LogP contribution >= 0.6 is 11.8 Å². The molecule has 142 valence electrons. The van der Waals surface area contributed by atoms with Crippen molar-refractivity contribution in [3.05, 3.63) is 41.5 Å². The van der Waals surface area contributed by atoms with Crippen molar-refractivity contribution < 1.29 is 17.7 Å². The SMILES string of the molecule is FC(F)(F)c1ccc(-c2noc(CSc3nnc4n3CCCCC4)n2)cc1. The normalized spacial score (nSPS) is 14.8. The lowest BCUT2D eigenvalue weighted by Crippen LogP contribution is -2.04. The summed E-state index contributed by atoms with van der Waals surface area (Å²) in [6, 6.07) is 4.68. The van der Waals surface area contributed by atoms with Crippen LogP contribution in [0.2, 0.25) is 0 Å². The van der Waals surface area contributed by atoms with Gasteiger partial charge in [-0.2, -0.15) is 18.2 Å². The quantitative estimate of drug-likeness (QED) is 0.611. The van der Waals surface area contributed by atoms with Gasteiger partial charge in [0.1, 0.15) is 5.82 Å². The molecule has 1 aliphatic rings. The van der Waals surface area contributed by atoms with Gasteiger partial charge in [-0.1, -0.05) is 35.5 Å². The molecule has 2 aromatic heterocycles. The molecule has 6 nitrogen and oxygen atoms in total. The van der Waals surface area contributed by atoms with E-state index >= 15 is 0 Å². The fourth-order valence-electron chi connectivity index (χ4n) is 2.93. The number of alkyl halides is 3. The Morgan fingerprint density at radius 1 is 1.07 bits per heavy atom. The summed E-state index contributed by atoms with van der Waals surface area (Å²) in [4.78, 5) is 4.27. The van der Waals surface area contributed by atoms with Crippen LogP contribution in [0.15, 0.2) is 33.9 Å². The highest BCUT2D eigenvalue weighted by molar-refractivity contribution is 7.98. The first-order chi connectivity index (χ1) is 13.0. The zero-order valence-electron chi connectivity index (χ0n) is 14.2. The summed E-state index contributed by atoms with van der Waals surface area (Å²) in [5, 5.41) is 13.2. The third-order valence-corrected chi connectivity index (χ3v) is 5.29. The minimum Gasteiger partial charge on any atom is -0.338 e. The largest absolute Gasteiger partial charge is 0.416 e. The van der Waals surface area contributed by atoms with Gasteiger partial charge in [0.15, 0.2) is 5.16 Å². The van der Waals surface area contributed by atoms with E-state index in [1.807, 2.05) is 0 Å². The minimum absolute atomic E-state index is 0.263. The predicted molar refractivity (Wildman–Crippen MR) is 91.9 cm³/mol. The molecular weight excluding hydrogens is 379 g/mol. The van der Waals surface area contributed by atoms with Crippen molar-refractivity contribution >= 4 is 11.8 Å². The molecule has 0 N–H and O–H groups in total. The standard InChI is InChI=1S/C17H16F3N5OS/c18-17(19,20)12-7-5-11(6-8-12)15-21-14(26-24-15)10-27-16-23-22-13-4-2-1-3-9-25(13)16/h5-8H,1-4,9-10H2. The van der Waals surface area contributed by atoms with Crippen LogP contribution in [-0.4, -0.2) is 24.9 Å². The first-order valence-electron chi connectivity index (χ1n) is 8.56. The van der Waals surface area contributed by atoms with Crippen LogP contribution in [-0.2, 0) is 24.9 Å². The van der Waals surface area contributed by atoms with Gasteiger partial charge in [0.25, 0.3) is 0 Å². The number of thioether (sulfide) groups is 1. The fraction of sp³-hybridized carbons (Fsp3) is 0.412. The predicted octanol–water partition coefficient (Wildman–Crippen LogP) is 4.37. The summed E-state index contributed by atoms with van der Waals surface area (Å²) < 4.78 is 45.3. The number of hydrogen-bond acceptors (Lipinski definition) is 6. The fourth-order valence-corrected chi connectivity index (χ4v) is 3.75. The molecule has 0 atom stereocenters. The van der Waals surface area contributed by atoms with Crippen LogP contribution in [0, 0.1) is 0 Å². The molecule has 1 aromatic carbocycles. The van der Waals surface area contributed by atoms with E-state index in [1.165, 1.54) is 30.3 Å². The Kier molecular flexibility index (Phi) is 4.90. The Morgan fingerprint density at radius 2 is 1.89 bits per heavy atom. The molecule has 3 heterocycles. The summed E-state index contributed by atoms with van der Waals surface area (Å²) in [6.45, 7) is 0.908. The van der Waals surface area contributed by atoms with Gasteiger partial charge in [-0.05, 0) is 25.0 Å². The minimum atomic E-state index is -4.37. The second kappa shape index (κ2) is 7.34. The van der Waals surface area contributed by atoms with Gasteiger partial charge in [-0.3, -0.25) is 0 Å². The van der Waals surface area contributed by atoms with E-state index in [0.29, 0.717) is 17.2 Å². The lowest BCUT2D eigenvalue weighted by Gasteiger charge is -2.05. The van der Waals surface area contributed by atoms with Gasteiger partial charge in [0.2, 0.25) is 11.7 Å². The van der Waals surface area contributed by atoms with Gasteiger partial charge in [0, 0.05) is 18.5 Å². The maximum atomic E-state index is 12.6. The molecule has 0 aliphatic carbocycles. The Labute approximate surface area is 157 Å². The van der Waals surface area contributed by atoms with Crippen molar-refractivity contribution in [3.8, 4) is 11.4 Å². The number of hydrogen-bond donors (Lipinski definition) is 0. The first kappa shape index (κ1) is 18.0. The molecule has 0 unspecified atom stereocenters. The van der Waals surface area contributed by atoms with Crippen molar-refractivity contribution in [2.24, 2.45) is 0 Å². The summed E-state index contributed by atoms with van der Waals surface area (Å²) in [6.07, 6.45) is -0.00613. The van der Waals surface area contributed by atoms with Crippen molar-refractivity contribution in [2.45, 2.75) is 49.3 Å². The Bertz CT molecular complexity index is 920. The maximum absolute atomic E-state index is 12.6. The zero-order valence-corrected chi connectivity index (χ0v) is 15.1. The van der Waals surface area contributed by atoms with Crippen LogP contribution in [0.1, 0.15) is 36.5 Å². The average Bonchev–Trinajstić information content (AvgIpc) is 3.20. The average molecular weight is 395 g/mol. The summed E-state index contributed by atoms with van der Waals surface area (Å²) in [5.41, 5.74) is -0.239. The zero-order chi connectivity index (χ0) is 18.9. The highest BCUT2D eigenvalue weighted by atomic mass is 32.2. The maximum Gasteiger partial charge on any atom is 0.416 e. The van der Waals surface area contributed by atoms with Gasteiger partial charge in [-0.25, -0.2) is 0 Å². The lowest BCUT2D eigenvalue weighted by molar-refractivity contribution is -0.137. The van der Waals surface area contributed by atoms with E-state index in [4.69, 9.17) is 4.52 Å². The van der Waals surface area contributed by atoms with E-state index in [-0.39, 0.29) is 5.82 Å². The molecule has 4 rings (SSSR count). The first-order valence-corrected chi connectivity index (χ1v) is 9.54.